The number of nitrogens with zero attached hydrogens (tertiary/aromatic N) is 2. The van der Waals surface area contributed by atoms with Gasteiger partial charge in [0.25, 0.3) is 15.9 Å². The van der Waals surface area contributed by atoms with Gasteiger partial charge < -0.3 is 14.6 Å². The number of hydrogen-bond donors (Lipinski definition) is 2. The Balaban J connectivity index is 1.37. The van der Waals surface area contributed by atoms with Crippen molar-refractivity contribution in [3.05, 3.63) is 102 Å². The molecular formula is C26H26N4O4S. The van der Waals surface area contributed by atoms with Crippen molar-refractivity contribution in [2.24, 2.45) is 0 Å². The molecule has 35 heavy (non-hydrogen) atoms. The van der Waals surface area contributed by atoms with Crippen molar-refractivity contribution in [2.75, 3.05) is 16.6 Å². The molecule has 9 heteroatoms. The number of carbonyl (C=O) groups is 1. The van der Waals surface area contributed by atoms with Crippen molar-refractivity contribution in [1.82, 2.24) is 9.55 Å². The second-order valence-corrected chi connectivity index (χ2v) is 9.52. The number of benzene rings is 3. The summed E-state index contributed by atoms with van der Waals surface area (Å²) >= 11 is 0. The first-order valence-electron chi connectivity index (χ1n) is 11.1. The molecule has 0 saturated carbocycles. The van der Waals surface area contributed by atoms with Crippen LogP contribution < -0.4 is 14.8 Å². The van der Waals surface area contributed by atoms with Gasteiger partial charge in [-0.2, -0.15) is 0 Å². The Morgan fingerprint density at radius 2 is 1.60 bits per heavy atom. The molecule has 0 spiro atoms. The number of aryl methyl sites for hydroxylation is 1. The van der Waals surface area contributed by atoms with Gasteiger partial charge in [0.15, 0.2) is 0 Å². The summed E-state index contributed by atoms with van der Waals surface area (Å²) in [6, 6.07) is 20.0. The van der Waals surface area contributed by atoms with E-state index in [-0.39, 0.29) is 10.8 Å². The zero-order valence-corrected chi connectivity index (χ0v) is 20.2. The smallest absolute Gasteiger partial charge is 0.261 e. The van der Waals surface area contributed by atoms with Crippen molar-refractivity contribution in [1.29, 1.82) is 0 Å². The third-order valence-corrected chi connectivity index (χ3v) is 6.73. The topological polar surface area (TPSA) is 102 Å². The molecule has 2 N–H and O–H groups in total. The molecule has 180 valence electrons. The first kappa shape index (κ1) is 24.0. The van der Waals surface area contributed by atoms with Crippen molar-refractivity contribution in [3.8, 4) is 5.75 Å². The van der Waals surface area contributed by atoms with E-state index in [1.165, 1.54) is 24.3 Å². The standard InChI is InChI=1S/C26H26N4O4S/c1-3-34-24-12-10-23(11-13-24)29-35(32,33)25-14-6-21(7-15-25)26(31)28-22-8-4-20(5-9-22)18-30-17-16-27-19(30)2/h4-17,29H,3,18H2,1-2H3,(H,28,31). The zero-order valence-electron chi connectivity index (χ0n) is 19.4. The van der Waals surface area contributed by atoms with Gasteiger partial charge in [-0.1, -0.05) is 12.1 Å². The van der Waals surface area contributed by atoms with Gasteiger partial charge in [-0.3, -0.25) is 9.52 Å². The predicted molar refractivity (Wildman–Crippen MR) is 135 cm³/mol. The lowest BCUT2D eigenvalue weighted by Crippen LogP contribution is -2.15. The number of sulfonamides is 1. The van der Waals surface area contributed by atoms with E-state index in [4.69, 9.17) is 4.74 Å². The first-order chi connectivity index (χ1) is 16.8. The highest BCUT2D eigenvalue weighted by Crippen LogP contribution is 2.20. The van der Waals surface area contributed by atoms with Gasteiger partial charge in [-0.25, -0.2) is 13.4 Å². The third-order valence-electron chi connectivity index (χ3n) is 5.33. The maximum Gasteiger partial charge on any atom is 0.261 e. The second-order valence-electron chi connectivity index (χ2n) is 7.84. The third kappa shape index (κ3) is 6.07. The summed E-state index contributed by atoms with van der Waals surface area (Å²) in [4.78, 5) is 16.9. The van der Waals surface area contributed by atoms with E-state index in [0.717, 1.165) is 11.4 Å². The maximum atomic E-state index is 12.7. The van der Waals surface area contributed by atoms with Gasteiger partial charge >= 0.3 is 0 Å². The van der Waals surface area contributed by atoms with Gasteiger partial charge in [0.1, 0.15) is 11.6 Å². The Morgan fingerprint density at radius 3 is 2.20 bits per heavy atom. The Labute approximate surface area is 204 Å². The molecule has 1 amide bonds. The number of rotatable bonds is 9. The van der Waals surface area contributed by atoms with Crippen LogP contribution in [0.15, 0.2) is 90.1 Å². The average Bonchev–Trinajstić information content (AvgIpc) is 3.26. The number of hydrogen-bond acceptors (Lipinski definition) is 5. The van der Waals surface area contributed by atoms with Crippen LogP contribution in [0.4, 0.5) is 11.4 Å². The molecular weight excluding hydrogens is 464 g/mol. The minimum absolute atomic E-state index is 0.0575. The molecule has 0 aliphatic heterocycles. The molecule has 1 heterocycles. The van der Waals surface area contributed by atoms with E-state index >= 15 is 0 Å². The summed E-state index contributed by atoms with van der Waals surface area (Å²) in [5.74, 6) is 1.27. The van der Waals surface area contributed by atoms with Gasteiger partial charge in [0.05, 0.1) is 11.5 Å². The summed E-state index contributed by atoms with van der Waals surface area (Å²) in [6.45, 7) is 5.05. The van der Waals surface area contributed by atoms with Crippen molar-refractivity contribution in [2.45, 2.75) is 25.3 Å². The molecule has 0 saturated heterocycles. The number of carbonyl (C=O) groups excluding carboxylic acids is 1. The number of anilines is 2. The Kier molecular flexibility index (Phi) is 7.17. The van der Waals surface area contributed by atoms with Gasteiger partial charge in [0, 0.05) is 35.9 Å². The van der Waals surface area contributed by atoms with Crippen molar-refractivity contribution >= 4 is 27.3 Å². The highest BCUT2D eigenvalue weighted by atomic mass is 32.2. The molecule has 0 radical (unpaired) electrons. The van der Waals surface area contributed by atoms with Gasteiger partial charge in [-0.15, -0.1) is 0 Å². The van der Waals surface area contributed by atoms with Crippen LogP contribution in [0.1, 0.15) is 28.7 Å². The zero-order chi connectivity index (χ0) is 24.8. The highest BCUT2D eigenvalue weighted by Gasteiger charge is 2.15. The number of aromatic nitrogens is 2. The van der Waals surface area contributed by atoms with Crippen LogP contribution in [-0.4, -0.2) is 30.5 Å². The fourth-order valence-electron chi connectivity index (χ4n) is 3.45. The van der Waals surface area contributed by atoms with Crippen LogP contribution in [-0.2, 0) is 16.6 Å². The van der Waals surface area contributed by atoms with Crippen LogP contribution in [0.3, 0.4) is 0 Å². The lowest BCUT2D eigenvalue weighted by atomic mass is 10.2. The molecule has 1 aromatic heterocycles. The summed E-state index contributed by atoms with van der Waals surface area (Å²) in [5.41, 5.74) is 2.50. The predicted octanol–water partition coefficient (Wildman–Crippen LogP) is 4.69. The van der Waals surface area contributed by atoms with Gasteiger partial charge in [0.2, 0.25) is 0 Å². The quantitative estimate of drug-likeness (QED) is 0.354. The summed E-state index contributed by atoms with van der Waals surface area (Å²) in [7, 11) is -3.80. The monoisotopic (exact) mass is 490 g/mol. The molecule has 0 fully saturated rings. The van der Waals surface area contributed by atoms with Gasteiger partial charge in [-0.05, 0) is 80.1 Å². The Morgan fingerprint density at radius 1 is 0.943 bits per heavy atom. The van der Waals surface area contributed by atoms with Crippen LogP contribution >= 0.6 is 0 Å². The minimum atomic E-state index is -3.80. The van der Waals surface area contributed by atoms with E-state index in [9.17, 15) is 13.2 Å². The van der Waals surface area contributed by atoms with Crippen LogP contribution in [0, 0.1) is 6.92 Å². The number of amides is 1. The summed E-state index contributed by atoms with van der Waals surface area (Å²) < 4.78 is 35.3. The first-order valence-corrected chi connectivity index (χ1v) is 12.6. The summed E-state index contributed by atoms with van der Waals surface area (Å²) in [5, 5.41) is 2.83. The fraction of sp³-hybridized carbons (Fsp3) is 0.154. The van der Waals surface area contributed by atoms with E-state index in [1.54, 1.807) is 30.5 Å². The maximum absolute atomic E-state index is 12.7. The molecule has 4 rings (SSSR count). The van der Waals surface area contributed by atoms with Crippen LogP contribution in [0.2, 0.25) is 0 Å². The number of imidazole rings is 1. The lowest BCUT2D eigenvalue weighted by molar-refractivity contribution is 0.102. The SMILES string of the molecule is CCOc1ccc(NS(=O)(=O)c2ccc(C(=O)Nc3ccc(Cn4ccnc4C)cc3)cc2)cc1. The molecule has 0 unspecified atom stereocenters. The molecule has 3 aromatic carbocycles. The molecule has 0 atom stereocenters. The second kappa shape index (κ2) is 10.4. The van der Waals surface area contributed by atoms with Crippen LogP contribution in [0.5, 0.6) is 5.75 Å². The van der Waals surface area contributed by atoms with Crippen LogP contribution in [0.25, 0.3) is 0 Å². The van der Waals surface area contributed by atoms with E-state index < -0.39 is 10.0 Å². The molecule has 0 bridgehead atoms. The van der Waals surface area contributed by atoms with E-state index in [0.29, 0.717) is 35.8 Å². The highest BCUT2D eigenvalue weighted by molar-refractivity contribution is 7.92. The minimum Gasteiger partial charge on any atom is -0.494 e. The number of ether oxygens (including phenoxy) is 1. The molecule has 8 nitrogen and oxygen atoms in total. The number of nitrogens with one attached hydrogen (secondary N) is 2. The lowest BCUT2D eigenvalue weighted by Gasteiger charge is -2.10. The molecule has 0 aliphatic rings. The average molecular weight is 491 g/mol. The Hall–Kier alpha value is -4.11. The Bertz CT molecular complexity index is 1400. The molecule has 0 aliphatic carbocycles. The largest absolute Gasteiger partial charge is 0.494 e. The van der Waals surface area contributed by atoms with Crippen molar-refractivity contribution in [3.63, 3.8) is 0 Å². The summed E-state index contributed by atoms with van der Waals surface area (Å²) in [6.07, 6.45) is 3.68. The van der Waals surface area contributed by atoms with E-state index in [2.05, 4.69) is 15.0 Å². The van der Waals surface area contributed by atoms with E-state index in [1.807, 2.05) is 48.9 Å². The van der Waals surface area contributed by atoms with Crippen molar-refractivity contribution < 1.29 is 17.9 Å². The molecule has 4 aromatic rings. The fourth-order valence-corrected chi connectivity index (χ4v) is 4.51. The normalized spacial score (nSPS) is 11.1.